The highest BCUT2D eigenvalue weighted by Crippen LogP contribution is 2.22. The zero-order chi connectivity index (χ0) is 12.0. The van der Waals surface area contributed by atoms with E-state index < -0.39 is 0 Å². The molecule has 0 amide bonds. The van der Waals surface area contributed by atoms with E-state index in [4.69, 9.17) is 0 Å². The monoisotopic (exact) mass is 225 g/mol. The Morgan fingerprint density at radius 3 is 2.53 bits per heavy atom. The molecule has 0 unspecified atom stereocenters. The lowest BCUT2D eigenvalue weighted by Crippen LogP contribution is -1.98. The van der Waals surface area contributed by atoms with Crippen LogP contribution in [-0.4, -0.2) is 14.4 Å². The maximum Gasteiger partial charge on any atom is 0.113 e. The number of fused-ring (bicyclic) bond motifs is 3. The van der Waals surface area contributed by atoms with Gasteiger partial charge in [0.25, 0.3) is 0 Å². The van der Waals surface area contributed by atoms with Crippen LogP contribution in [0.4, 0.5) is 0 Å². The number of imidazole rings is 1. The highest BCUT2D eigenvalue weighted by molar-refractivity contribution is 5.80. The number of aromatic nitrogens is 3. The molecule has 0 saturated heterocycles. The number of benzene rings is 1. The number of hydrogen-bond acceptors (Lipinski definition) is 2. The van der Waals surface area contributed by atoms with Gasteiger partial charge in [0, 0.05) is 6.42 Å². The zero-order valence-corrected chi connectivity index (χ0v) is 10.4. The fourth-order valence-corrected chi connectivity index (χ4v) is 2.49. The molecule has 3 nitrogen and oxygen atoms in total. The van der Waals surface area contributed by atoms with E-state index in [0.29, 0.717) is 0 Å². The third-order valence-electron chi connectivity index (χ3n) is 3.19. The first-order valence-corrected chi connectivity index (χ1v) is 5.95. The quantitative estimate of drug-likeness (QED) is 0.637. The van der Waals surface area contributed by atoms with E-state index in [-0.39, 0.29) is 0 Å². The summed E-state index contributed by atoms with van der Waals surface area (Å²) in [5.41, 5.74) is 5.45. The van der Waals surface area contributed by atoms with Crippen molar-refractivity contribution >= 4 is 16.6 Å². The molecular formula is C14H15N3. The van der Waals surface area contributed by atoms with Crippen molar-refractivity contribution in [3.8, 4) is 0 Å². The fraction of sp³-hybridized carbons (Fsp3) is 0.286. The van der Waals surface area contributed by atoms with Crippen LogP contribution in [0.2, 0.25) is 0 Å². The summed E-state index contributed by atoms with van der Waals surface area (Å²) in [6.45, 7) is 6.24. The van der Waals surface area contributed by atoms with Crippen LogP contribution >= 0.6 is 0 Å². The van der Waals surface area contributed by atoms with Crippen molar-refractivity contribution in [2.75, 3.05) is 0 Å². The summed E-state index contributed by atoms with van der Waals surface area (Å²) in [4.78, 5) is 9.29. The van der Waals surface area contributed by atoms with E-state index in [2.05, 4.69) is 47.3 Å². The van der Waals surface area contributed by atoms with Crippen LogP contribution in [0.3, 0.4) is 0 Å². The van der Waals surface area contributed by atoms with E-state index in [0.717, 1.165) is 40.2 Å². The lowest BCUT2D eigenvalue weighted by atomic mass is 10.2. The first-order valence-electron chi connectivity index (χ1n) is 5.95. The number of aryl methyl sites for hydroxylation is 3. The second-order valence-electron chi connectivity index (χ2n) is 4.34. The Kier molecular flexibility index (Phi) is 2.15. The van der Waals surface area contributed by atoms with Crippen molar-refractivity contribution < 1.29 is 0 Å². The molecule has 0 aliphatic heterocycles. The van der Waals surface area contributed by atoms with Gasteiger partial charge >= 0.3 is 0 Å². The minimum atomic E-state index is 0.933. The van der Waals surface area contributed by atoms with Gasteiger partial charge in [0.2, 0.25) is 0 Å². The number of hydrogen-bond donors (Lipinski definition) is 0. The van der Waals surface area contributed by atoms with Gasteiger partial charge < -0.3 is 0 Å². The molecule has 3 rings (SSSR count). The number of rotatable bonds is 1. The molecule has 17 heavy (non-hydrogen) atoms. The highest BCUT2D eigenvalue weighted by Gasteiger charge is 2.12. The SMILES string of the molecule is CCc1nc(C)c2c(C)nc3ccccc3n12. The van der Waals surface area contributed by atoms with E-state index >= 15 is 0 Å². The van der Waals surface area contributed by atoms with Gasteiger partial charge in [0.1, 0.15) is 5.82 Å². The topological polar surface area (TPSA) is 30.2 Å². The molecule has 0 fully saturated rings. The molecule has 0 saturated carbocycles. The molecule has 0 aliphatic rings. The van der Waals surface area contributed by atoms with Crippen molar-refractivity contribution in [3.05, 3.63) is 41.5 Å². The van der Waals surface area contributed by atoms with Crippen LogP contribution < -0.4 is 0 Å². The van der Waals surface area contributed by atoms with Gasteiger partial charge in [0.15, 0.2) is 0 Å². The Balaban J connectivity index is 2.62. The molecule has 0 atom stereocenters. The van der Waals surface area contributed by atoms with Gasteiger partial charge in [-0.15, -0.1) is 0 Å². The first-order chi connectivity index (χ1) is 8.22. The Bertz CT molecular complexity index is 710. The Morgan fingerprint density at radius 1 is 1.06 bits per heavy atom. The molecule has 86 valence electrons. The Hall–Kier alpha value is -1.90. The summed E-state index contributed by atoms with van der Waals surface area (Å²) in [6.07, 6.45) is 0.933. The summed E-state index contributed by atoms with van der Waals surface area (Å²) in [5, 5.41) is 0. The third kappa shape index (κ3) is 1.35. The average Bonchev–Trinajstić information content (AvgIpc) is 2.67. The minimum Gasteiger partial charge on any atom is -0.293 e. The lowest BCUT2D eigenvalue weighted by Gasteiger charge is -2.06. The maximum atomic E-state index is 4.65. The summed E-state index contributed by atoms with van der Waals surface area (Å²) in [7, 11) is 0. The van der Waals surface area contributed by atoms with Gasteiger partial charge in [-0.05, 0) is 26.0 Å². The molecule has 1 aromatic carbocycles. The van der Waals surface area contributed by atoms with Crippen molar-refractivity contribution in [1.82, 2.24) is 14.4 Å². The van der Waals surface area contributed by atoms with Crippen LogP contribution in [0, 0.1) is 13.8 Å². The molecule has 3 heteroatoms. The van der Waals surface area contributed by atoms with Gasteiger partial charge in [-0.2, -0.15) is 0 Å². The van der Waals surface area contributed by atoms with Crippen molar-refractivity contribution in [2.24, 2.45) is 0 Å². The van der Waals surface area contributed by atoms with Crippen LogP contribution in [0.25, 0.3) is 16.6 Å². The first kappa shape index (κ1) is 10.3. The standard InChI is InChI=1S/C14H15N3/c1-4-13-16-10(3)14-9(2)15-11-7-5-6-8-12(11)17(13)14/h5-8H,4H2,1-3H3. The van der Waals surface area contributed by atoms with Gasteiger partial charge in [-0.25, -0.2) is 9.97 Å². The van der Waals surface area contributed by atoms with Crippen molar-refractivity contribution in [3.63, 3.8) is 0 Å². The predicted molar refractivity (Wildman–Crippen MR) is 69.3 cm³/mol. The summed E-state index contributed by atoms with van der Waals surface area (Å²) in [5.74, 6) is 1.11. The summed E-state index contributed by atoms with van der Waals surface area (Å²) in [6, 6.07) is 8.23. The average molecular weight is 225 g/mol. The van der Waals surface area contributed by atoms with Crippen LogP contribution in [0.5, 0.6) is 0 Å². The van der Waals surface area contributed by atoms with E-state index in [1.807, 2.05) is 12.1 Å². The van der Waals surface area contributed by atoms with Crippen LogP contribution in [0.15, 0.2) is 24.3 Å². The van der Waals surface area contributed by atoms with Gasteiger partial charge in [-0.1, -0.05) is 19.1 Å². The molecule has 0 N–H and O–H groups in total. The smallest absolute Gasteiger partial charge is 0.113 e. The van der Waals surface area contributed by atoms with Gasteiger partial charge in [0.05, 0.1) is 27.9 Å². The van der Waals surface area contributed by atoms with E-state index in [9.17, 15) is 0 Å². The Morgan fingerprint density at radius 2 is 1.76 bits per heavy atom. The molecular weight excluding hydrogens is 210 g/mol. The maximum absolute atomic E-state index is 4.65. The second kappa shape index (κ2) is 3.55. The molecule has 2 aromatic heterocycles. The third-order valence-corrected chi connectivity index (χ3v) is 3.19. The second-order valence-corrected chi connectivity index (χ2v) is 4.34. The van der Waals surface area contributed by atoms with Crippen LogP contribution in [-0.2, 0) is 6.42 Å². The lowest BCUT2D eigenvalue weighted by molar-refractivity contribution is 0.943. The largest absolute Gasteiger partial charge is 0.293 e. The molecule has 0 aliphatic carbocycles. The van der Waals surface area contributed by atoms with Gasteiger partial charge in [-0.3, -0.25) is 4.40 Å². The number of para-hydroxylation sites is 2. The molecule has 2 heterocycles. The normalized spacial score (nSPS) is 11.5. The van der Waals surface area contributed by atoms with E-state index in [1.54, 1.807) is 0 Å². The number of nitrogens with zero attached hydrogens (tertiary/aromatic N) is 3. The van der Waals surface area contributed by atoms with Crippen molar-refractivity contribution in [1.29, 1.82) is 0 Å². The van der Waals surface area contributed by atoms with Crippen LogP contribution in [0.1, 0.15) is 24.1 Å². The molecule has 0 radical (unpaired) electrons. The van der Waals surface area contributed by atoms with Crippen molar-refractivity contribution in [2.45, 2.75) is 27.2 Å². The Labute approximate surface area is 100 Å². The molecule has 3 aromatic rings. The summed E-state index contributed by atoms with van der Waals surface area (Å²) >= 11 is 0. The molecule has 0 spiro atoms. The minimum absolute atomic E-state index is 0.933. The zero-order valence-electron chi connectivity index (χ0n) is 10.4. The predicted octanol–water partition coefficient (Wildman–Crippen LogP) is 3.06. The fourth-order valence-electron chi connectivity index (χ4n) is 2.49. The molecule has 0 bridgehead atoms. The summed E-state index contributed by atoms with van der Waals surface area (Å²) < 4.78 is 2.24. The van der Waals surface area contributed by atoms with E-state index in [1.165, 1.54) is 0 Å². The highest BCUT2D eigenvalue weighted by atomic mass is 15.1.